The summed E-state index contributed by atoms with van der Waals surface area (Å²) >= 11 is 5.57. The molecule has 2 amide bonds. The van der Waals surface area contributed by atoms with Gasteiger partial charge in [-0.3, -0.25) is 9.59 Å². The van der Waals surface area contributed by atoms with Gasteiger partial charge in [0.1, 0.15) is 17.8 Å². The first-order chi connectivity index (χ1) is 14.1. The molecule has 10 heteroatoms. The van der Waals surface area contributed by atoms with Gasteiger partial charge >= 0.3 is 0 Å². The summed E-state index contributed by atoms with van der Waals surface area (Å²) in [7, 11) is 0. The molecule has 0 fully saturated rings. The minimum Gasteiger partial charge on any atom is -0.484 e. The zero-order valence-corrected chi connectivity index (χ0v) is 17.8. The van der Waals surface area contributed by atoms with Gasteiger partial charge in [0.2, 0.25) is 0 Å². The van der Waals surface area contributed by atoms with E-state index in [1.807, 2.05) is 20.8 Å². The summed E-state index contributed by atoms with van der Waals surface area (Å²) in [5.74, 6) is -0.913. The molecule has 0 radical (unpaired) electrons. The number of oxazole rings is 1. The second kappa shape index (κ2) is 10.4. The Kier molecular flexibility index (Phi) is 8.19. The molecule has 0 aliphatic rings. The summed E-state index contributed by atoms with van der Waals surface area (Å²) in [5.41, 5.74) is -0.142. The number of carbonyl (C=O) groups excluding carboxylic acids is 2. The van der Waals surface area contributed by atoms with Crippen molar-refractivity contribution in [3.05, 3.63) is 46.9 Å². The number of amides is 2. The molecule has 1 heterocycles. The fraction of sp³-hybridized carbons (Fsp3) is 0.450. The van der Waals surface area contributed by atoms with Gasteiger partial charge in [-0.15, -0.1) is 0 Å². The van der Waals surface area contributed by atoms with Gasteiger partial charge in [0.05, 0.1) is 11.1 Å². The van der Waals surface area contributed by atoms with Gasteiger partial charge in [0.25, 0.3) is 11.8 Å². The van der Waals surface area contributed by atoms with E-state index >= 15 is 0 Å². The lowest BCUT2D eigenvalue weighted by Gasteiger charge is -2.13. The van der Waals surface area contributed by atoms with Crippen molar-refractivity contribution in [3.8, 4) is 5.75 Å². The van der Waals surface area contributed by atoms with Crippen molar-refractivity contribution in [2.75, 3.05) is 19.7 Å². The molecule has 0 aliphatic carbocycles. The lowest BCUT2D eigenvalue weighted by atomic mass is 9.97. The maximum Gasteiger partial charge on any atom is 0.273 e. The number of hydrogen-bond donors (Lipinski definition) is 3. The molecule has 1 aromatic heterocycles. The number of rotatable bonds is 9. The van der Waals surface area contributed by atoms with Crippen LogP contribution in [-0.4, -0.2) is 47.7 Å². The van der Waals surface area contributed by atoms with Crippen molar-refractivity contribution < 1.29 is 28.2 Å². The number of halogens is 2. The summed E-state index contributed by atoms with van der Waals surface area (Å²) in [6.07, 6.45) is 0.642. The Labute approximate surface area is 178 Å². The Morgan fingerprint density at radius 1 is 1.33 bits per heavy atom. The average molecular weight is 442 g/mol. The monoisotopic (exact) mass is 441 g/mol. The molecule has 0 spiro atoms. The third-order valence-electron chi connectivity index (χ3n) is 3.94. The topological polar surface area (TPSA) is 114 Å². The number of aromatic nitrogens is 1. The highest BCUT2D eigenvalue weighted by Crippen LogP contribution is 2.21. The number of aliphatic hydroxyl groups excluding tert-OH is 1. The molecule has 164 valence electrons. The summed E-state index contributed by atoms with van der Waals surface area (Å²) in [5, 5.41) is 15.0. The number of hydrogen-bond acceptors (Lipinski definition) is 6. The van der Waals surface area contributed by atoms with E-state index in [2.05, 4.69) is 15.6 Å². The molecule has 0 bridgehead atoms. The molecule has 0 saturated heterocycles. The van der Waals surface area contributed by atoms with Crippen LogP contribution in [0.25, 0.3) is 0 Å². The molecule has 2 rings (SSSR count). The van der Waals surface area contributed by atoms with Gasteiger partial charge in [0.15, 0.2) is 18.2 Å². The smallest absolute Gasteiger partial charge is 0.273 e. The predicted octanol–water partition coefficient (Wildman–Crippen LogP) is 2.44. The van der Waals surface area contributed by atoms with Crippen LogP contribution in [0, 0.1) is 5.82 Å². The average Bonchev–Trinajstić information content (AvgIpc) is 3.18. The third kappa shape index (κ3) is 7.31. The standard InChI is InChI=1S/C20H25ClFN3O5/c1-20(2,3)19-25-16(10-30-19)18(28)23-7-6-12(26)9-24-17(27)11-29-13-4-5-14(21)15(22)8-13/h4-5,8,10,12,26H,6-7,9,11H2,1-3H3,(H,23,28)(H,24,27). The van der Waals surface area contributed by atoms with E-state index in [1.54, 1.807) is 0 Å². The van der Waals surface area contributed by atoms with E-state index in [9.17, 15) is 19.1 Å². The van der Waals surface area contributed by atoms with Crippen molar-refractivity contribution in [1.29, 1.82) is 0 Å². The molecule has 8 nitrogen and oxygen atoms in total. The first kappa shape index (κ1) is 23.6. The zero-order chi connectivity index (χ0) is 22.3. The second-order valence-corrected chi connectivity index (χ2v) is 8.06. The first-order valence-corrected chi connectivity index (χ1v) is 9.71. The van der Waals surface area contributed by atoms with Gasteiger partial charge in [-0.1, -0.05) is 32.4 Å². The third-order valence-corrected chi connectivity index (χ3v) is 4.24. The van der Waals surface area contributed by atoms with Crippen molar-refractivity contribution >= 4 is 23.4 Å². The van der Waals surface area contributed by atoms with Crippen LogP contribution < -0.4 is 15.4 Å². The van der Waals surface area contributed by atoms with Crippen LogP contribution in [0.3, 0.4) is 0 Å². The van der Waals surface area contributed by atoms with E-state index in [1.165, 1.54) is 18.4 Å². The van der Waals surface area contributed by atoms with Crippen LogP contribution in [0.15, 0.2) is 28.9 Å². The Morgan fingerprint density at radius 2 is 2.07 bits per heavy atom. The fourth-order valence-electron chi connectivity index (χ4n) is 2.27. The quantitative estimate of drug-likeness (QED) is 0.550. The first-order valence-electron chi connectivity index (χ1n) is 9.33. The maximum absolute atomic E-state index is 13.3. The van der Waals surface area contributed by atoms with E-state index in [4.69, 9.17) is 20.8 Å². The van der Waals surface area contributed by atoms with E-state index < -0.39 is 23.7 Å². The van der Waals surface area contributed by atoms with Crippen molar-refractivity contribution in [2.24, 2.45) is 0 Å². The summed E-state index contributed by atoms with van der Waals surface area (Å²) in [6, 6.07) is 3.84. The molecule has 1 aromatic carbocycles. The molecular formula is C20H25ClFN3O5. The lowest BCUT2D eigenvalue weighted by Crippen LogP contribution is -2.37. The minimum absolute atomic E-state index is 0.0226. The van der Waals surface area contributed by atoms with Gasteiger partial charge < -0.3 is 24.9 Å². The lowest BCUT2D eigenvalue weighted by molar-refractivity contribution is -0.123. The number of benzene rings is 1. The number of aliphatic hydroxyl groups is 1. The van der Waals surface area contributed by atoms with Crippen LogP contribution in [0.1, 0.15) is 43.6 Å². The van der Waals surface area contributed by atoms with Crippen LogP contribution in [0.2, 0.25) is 5.02 Å². The number of ether oxygens (including phenoxy) is 1. The number of nitrogens with one attached hydrogen (secondary N) is 2. The summed E-state index contributed by atoms with van der Waals surface area (Å²) < 4.78 is 23.8. The van der Waals surface area contributed by atoms with Crippen molar-refractivity contribution in [2.45, 2.75) is 38.7 Å². The highest BCUT2D eigenvalue weighted by molar-refractivity contribution is 6.30. The SMILES string of the molecule is CC(C)(C)c1nc(C(=O)NCCC(O)CNC(=O)COc2ccc(Cl)c(F)c2)co1. The molecule has 0 saturated carbocycles. The fourth-order valence-corrected chi connectivity index (χ4v) is 2.38. The second-order valence-electron chi connectivity index (χ2n) is 7.65. The predicted molar refractivity (Wildman–Crippen MR) is 108 cm³/mol. The number of nitrogens with zero attached hydrogens (tertiary/aromatic N) is 1. The number of carbonyl (C=O) groups is 2. The van der Waals surface area contributed by atoms with Gasteiger partial charge in [-0.2, -0.15) is 0 Å². The normalized spacial score (nSPS) is 12.3. The molecule has 2 aromatic rings. The molecule has 1 unspecified atom stereocenters. The Bertz CT molecular complexity index is 882. The molecule has 30 heavy (non-hydrogen) atoms. The Morgan fingerprint density at radius 3 is 2.70 bits per heavy atom. The molecule has 1 atom stereocenters. The van der Waals surface area contributed by atoms with Crippen LogP contribution in [-0.2, 0) is 10.2 Å². The Balaban J connectivity index is 1.65. The van der Waals surface area contributed by atoms with E-state index in [0.717, 1.165) is 6.07 Å². The highest BCUT2D eigenvalue weighted by atomic mass is 35.5. The van der Waals surface area contributed by atoms with Gasteiger partial charge in [-0.25, -0.2) is 9.37 Å². The van der Waals surface area contributed by atoms with Gasteiger partial charge in [0, 0.05) is 24.6 Å². The molecular weight excluding hydrogens is 417 g/mol. The largest absolute Gasteiger partial charge is 0.484 e. The minimum atomic E-state index is -0.871. The highest BCUT2D eigenvalue weighted by Gasteiger charge is 2.22. The van der Waals surface area contributed by atoms with Crippen molar-refractivity contribution in [3.63, 3.8) is 0 Å². The molecule has 3 N–H and O–H groups in total. The van der Waals surface area contributed by atoms with E-state index in [0.29, 0.717) is 5.89 Å². The summed E-state index contributed by atoms with van der Waals surface area (Å²) in [4.78, 5) is 28.0. The van der Waals surface area contributed by atoms with Gasteiger partial charge in [-0.05, 0) is 18.6 Å². The van der Waals surface area contributed by atoms with Crippen LogP contribution >= 0.6 is 11.6 Å². The van der Waals surface area contributed by atoms with Crippen LogP contribution in [0.5, 0.6) is 5.75 Å². The van der Waals surface area contributed by atoms with Crippen molar-refractivity contribution in [1.82, 2.24) is 15.6 Å². The zero-order valence-electron chi connectivity index (χ0n) is 17.0. The van der Waals surface area contributed by atoms with E-state index in [-0.39, 0.29) is 48.0 Å². The maximum atomic E-state index is 13.3. The van der Waals surface area contributed by atoms with Crippen LogP contribution in [0.4, 0.5) is 4.39 Å². The summed E-state index contributed by atoms with van der Waals surface area (Å²) in [6.45, 7) is 5.59. The Hall–Kier alpha value is -2.65. The molecule has 0 aliphatic heterocycles.